The van der Waals surface area contributed by atoms with Crippen LogP contribution in [0.25, 0.3) is 0 Å². The van der Waals surface area contributed by atoms with Gasteiger partial charge in [0.05, 0.1) is 0 Å². The number of nitrogens with two attached hydrogens (primary N) is 1. The molecule has 5 nitrogen and oxygen atoms in total. The molecule has 5 N–H and O–H groups in total. The molecule has 0 saturated carbocycles. The van der Waals surface area contributed by atoms with Gasteiger partial charge in [0.1, 0.15) is 0 Å². The van der Waals surface area contributed by atoms with Gasteiger partial charge in [-0.15, -0.1) is 0 Å². The van der Waals surface area contributed by atoms with Crippen molar-refractivity contribution in [2.45, 2.75) is 12.5 Å². The summed E-state index contributed by atoms with van der Waals surface area (Å²) in [6, 6.07) is -0.985. The van der Waals surface area contributed by atoms with Crippen LogP contribution in [0.5, 0.6) is 0 Å². The van der Waals surface area contributed by atoms with Gasteiger partial charge >= 0.3 is 64.4 Å². The van der Waals surface area contributed by atoms with Crippen molar-refractivity contribution >= 4 is 13.7 Å². The van der Waals surface area contributed by atoms with E-state index in [1.165, 1.54) is 6.66 Å². The first-order chi connectivity index (χ1) is 4.83. The van der Waals surface area contributed by atoms with Gasteiger partial charge in [-0.25, -0.2) is 0 Å². The molecule has 0 saturated heterocycles. The Balaban J connectivity index is 3.63. The molecule has 0 aliphatic rings. The number of carboxylic acids is 1. The fourth-order valence-electron chi connectivity index (χ4n) is 0.552. The van der Waals surface area contributed by atoms with Crippen LogP contribution in [0.3, 0.4) is 0 Å². The van der Waals surface area contributed by atoms with Crippen LogP contribution < -0.4 is 5.73 Å². The molecule has 0 aromatic carbocycles. The van der Waals surface area contributed by atoms with E-state index in [9.17, 15) is 4.79 Å². The first kappa shape index (κ1) is 10.8. The summed E-state index contributed by atoms with van der Waals surface area (Å²) in [4.78, 5) is 27.9. The molecule has 0 radical (unpaired) electrons. The van der Waals surface area contributed by atoms with Crippen LogP contribution >= 0.6 is 7.72 Å². The molecule has 1 atom stereocenters. The molecule has 0 aromatic heterocycles. The van der Waals surface area contributed by atoms with Crippen LogP contribution in [-0.2, 0) is 4.79 Å². The average molecular weight is 183 g/mol. The standard InChI is InChI=1S/C5H14NO4P/c1-11(9,10)3-2-4(6)5(7)8/h4,9-11H,2-3,6H2,1H3,(H,7,8)/t4-/m0/s1. The zero-order chi connectivity index (χ0) is 9.07. The van der Waals surface area contributed by atoms with E-state index in [4.69, 9.17) is 20.6 Å². The first-order valence-corrected chi connectivity index (χ1v) is 5.86. The molecular formula is C5H14NO4P. The Morgan fingerprint density at radius 2 is 2.09 bits per heavy atom. The van der Waals surface area contributed by atoms with Crippen molar-refractivity contribution in [3.63, 3.8) is 0 Å². The van der Waals surface area contributed by atoms with Crippen molar-refractivity contribution in [1.29, 1.82) is 0 Å². The predicted molar refractivity (Wildman–Crippen MR) is 43.8 cm³/mol. The summed E-state index contributed by atoms with van der Waals surface area (Å²) in [6.07, 6.45) is 0.214. The van der Waals surface area contributed by atoms with Gasteiger partial charge in [-0.1, -0.05) is 0 Å². The van der Waals surface area contributed by atoms with E-state index >= 15 is 0 Å². The fraction of sp³-hybridized carbons (Fsp3) is 0.800. The zero-order valence-corrected chi connectivity index (χ0v) is 7.32. The molecule has 0 amide bonds. The molecule has 0 spiro atoms. The third-order valence-corrected chi connectivity index (χ3v) is 2.48. The third-order valence-electron chi connectivity index (χ3n) is 1.25. The van der Waals surface area contributed by atoms with E-state index in [0.717, 1.165) is 0 Å². The molecule has 0 aromatic rings. The monoisotopic (exact) mass is 183 g/mol. The van der Waals surface area contributed by atoms with Gasteiger partial charge < -0.3 is 0 Å². The topological polar surface area (TPSA) is 104 Å². The van der Waals surface area contributed by atoms with E-state index in [2.05, 4.69) is 0 Å². The number of hydrogen-bond donors (Lipinski definition) is 4. The van der Waals surface area contributed by atoms with Gasteiger partial charge in [0.25, 0.3) is 0 Å². The van der Waals surface area contributed by atoms with Crippen LogP contribution in [0, 0.1) is 0 Å². The Bertz CT molecular complexity index is 144. The van der Waals surface area contributed by atoms with Crippen LogP contribution in [0.4, 0.5) is 0 Å². The molecule has 11 heavy (non-hydrogen) atoms. The van der Waals surface area contributed by atoms with Gasteiger partial charge in [-0.3, -0.25) is 0 Å². The third kappa shape index (κ3) is 6.19. The second-order valence-corrected chi connectivity index (χ2v) is 5.63. The molecule has 68 valence electrons. The van der Waals surface area contributed by atoms with E-state index in [0.29, 0.717) is 0 Å². The Morgan fingerprint density at radius 3 is 2.36 bits per heavy atom. The fourth-order valence-corrected chi connectivity index (χ4v) is 1.41. The summed E-state index contributed by atoms with van der Waals surface area (Å²) in [5.74, 6) is -1.11. The van der Waals surface area contributed by atoms with Crippen molar-refractivity contribution in [2.24, 2.45) is 5.73 Å². The summed E-state index contributed by atoms with van der Waals surface area (Å²) in [6.45, 7) is 1.32. The Kier molecular flexibility index (Phi) is 3.89. The van der Waals surface area contributed by atoms with E-state index < -0.39 is 19.7 Å². The van der Waals surface area contributed by atoms with Crippen molar-refractivity contribution in [3.05, 3.63) is 0 Å². The average Bonchev–Trinajstić information content (AvgIpc) is 1.80. The number of carbonyl (C=O) groups is 1. The molecule has 0 aliphatic carbocycles. The van der Waals surface area contributed by atoms with Gasteiger partial charge in [-0.2, -0.15) is 0 Å². The second kappa shape index (κ2) is 3.97. The Hall–Kier alpha value is -0.220. The summed E-state index contributed by atoms with van der Waals surface area (Å²) < 4.78 is 0. The number of aliphatic carboxylic acids is 1. The summed E-state index contributed by atoms with van der Waals surface area (Å²) >= 11 is 0. The van der Waals surface area contributed by atoms with Gasteiger partial charge in [0, 0.05) is 0 Å². The number of rotatable bonds is 4. The number of carboxylic acid groups (broad SMARTS) is 1. The van der Waals surface area contributed by atoms with Gasteiger partial charge in [-0.05, 0) is 0 Å². The van der Waals surface area contributed by atoms with E-state index in [1.54, 1.807) is 0 Å². The molecule has 0 heterocycles. The van der Waals surface area contributed by atoms with Crippen LogP contribution in [-0.4, -0.2) is 39.7 Å². The van der Waals surface area contributed by atoms with Crippen LogP contribution in [0.15, 0.2) is 0 Å². The molecule has 0 bridgehead atoms. The molecule has 0 unspecified atom stereocenters. The molecule has 0 rings (SSSR count). The molecule has 0 fully saturated rings. The molecular weight excluding hydrogens is 169 g/mol. The maximum absolute atomic E-state index is 10.1. The van der Waals surface area contributed by atoms with Crippen molar-refractivity contribution in [1.82, 2.24) is 0 Å². The van der Waals surface area contributed by atoms with Crippen molar-refractivity contribution in [3.8, 4) is 0 Å². The van der Waals surface area contributed by atoms with Gasteiger partial charge in [0.15, 0.2) is 0 Å². The minimum absolute atomic E-state index is 0.0977. The number of hydrogen-bond acceptors (Lipinski definition) is 4. The summed E-state index contributed by atoms with van der Waals surface area (Å²) in [5, 5.41) is 8.31. The quantitative estimate of drug-likeness (QED) is 0.418. The van der Waals surface area contributed by atoms with Crippen LogP contribution in [0.2, 0.25) is 0 Å². The Morgan fingerprint density at radius 1 is 1.64 bits per heavy atom. The summed E-state index contributed by atoms with van der Waals surface area (Å²) in [5.41, 5.74) is 5.12. The van der Waals surface area contributed by atoms with Gasteiger partial charge in [0.2, 0.25) is 0 Å². The zero-order valence-electron chi connectivity index (χ0n) is 6.32. The van der Waals surface area contributed by atoms with Crippen molar-refractivity contribution in [2.75, 3.05) is 12.8 Å². The maximum atomic E-state index is 10.1. The first-order valence-electron chi connectivity index (χ1n) is 3.26. The molecule has 0 aliphatic heterocycles. The summed E-state index contributed by atoms with van der Waals surface area (Å²) in [7, 11) is -3.11. The van der Waals surface area contributed by atoms with Crippen LogP contribution in [0.1, 0.15) is 6.42 Å². The minimum atomic E-state index is -3.11. The SMILES string of the molecule is C[PH](O)(O)CC[C@H](N)C(=O)O. The Labute approximate surface area is 65.3 Å². The van der Waals surface area contributed by atoms with E-state index in [1.807, 2.05) is 0 Å². The van der Waals surface area contributed by atoms with E-state index in [-0.39, 0.29) is 12.6 Å². The normalized spacial score (nSPS) is 16.0. The molecule has 6 heteroatoms. The predicted octanol–water partition coefficient (Wildman–Crippen LogP) is -1.02. The van der Waals surface area contributed by atoms with Crippen molar-refractivity contribution < 1.29 is 19.7 Å². The second-order valence-electron chi connectivity index (χ2n) is 2.70.